The molecule has 0 bridgehead atoms. The van der Waals surface area contributed by atoms with Crippen LogP contribution in [0.2, 0.25) is 0 Å². The summed E-state index contributed by atoms with van der Waals surface area (Å²) in [6.45, 7) is 1.62. The normalized spacial score (nSPS) is 11.3. The van der Waals surface area contributed by atoms with Crippen LogP contribution in [0.5, 0.6) is 0 Å². The van der Waals surface area contributed by atoms with Crippen LogP contribution < -0.4 is 11.3 Å². The third-order valence-electron chi connectivity index (χ3n) is 1.58. The van der Waals surface area contributed by atoms with Crippen LogP contribution in [0.1, 0.15) is 5.69 Å². The number of rotatable bonds is 2. The van der Waals surface area contributed by atoms with Crippen LogP contribution in [0.25, 0.3) is 0 Å². The van der Waals surface area contributed by atoms with Crippen molar-refractivity contribution in [1.29, 1.82) is 0 Å². The van der Waals surface area contributed by atoms with E-state index in [1.807, 2.05) is 0 Å². The Morgan fingerprint density at radius 2 is 2.08 bits per heavy atom. The molecule has 0 fully saturated rings. The number of nitrogens with zero attached hydrogens (tertiary/aromatic N) is 1. The Hall–Kier alpha value is -1.14. The van der Waals surface area contributed by atoms with Crippen LogP contribution >= 0.6 is 0 Å². The molecule has 1 heterocycles. The van der Waals surface area contributed by atoms with Crippen molar-refractivity contribution in [1.82, 2.24) is 4.98 Å². The molecular weight excluding hydrogens is 190 g/mol. The molecule has 0 atom stereocenters. The molecule has 6 heteroatoms. The maximum absolute atomic E-state index is 11.2. The zero-order valence-electron chi connectivity index (χ0n) is 7.40. The van der Waals surface area contributed by atoms with Gasteiger partial charge in [-0.05, 0) is 19.1 Å². The summed E-state index contributed by atoms with van der Waals surface area (Å²) >= 11 is 0. The Labute approximate surface area is 76.9 Å². The SMILES string of the molecule is Cc1nc(NN)ccc1S(C)(=O)=O. The van der Waals surface area contributed by atoms with Crippen molar-refractivity contribution in [3.63, 3.8) is 0 Å². The second kappa shape index (κ2) is 3.31. The highest BCUT2D eigenvalue weighted by molar-refractivity contribution is 7.90. The van der Waals surface area contributed by atoms with Crippen LogP contribution in [-0.2, 0) is 9.84 Å². The number of nitrogens with two attached hydrogens (primary N) is 1. The number of sulfone groups is 1. The number of hydrogen-bond donors (Lipinski definition) is 2. The van der Waals surface area contributed by atoms with E-state index in [0.29, 0.717) is 11.5 Å². The second-order valence-corrected chi connectivity index (χ2v) is 4.68. The van der Waals surface area contributed by atoms with E-state index in [1.165, 1.54) is 12.1 Å². The Balaban J connectivity index is 3.29. The van der Waals surface area contributed by atoms with Gasteiger partial charge in [-0.1, -0.05) is 0 Å². The molecule has 0 radical (unpaired) electrons. The smallest absolute Gasteiger partial charge is 0.177 e. The number of nitrogens with one attached hydrogen (secondary N) is 1. The predicted molar refractivity (Wildman–Crippen MR) is 49.9 cm³/mol. The highest BCUT2D eigenvalue weighted by atomic mass is 32.2. The Bertz CT molecular complexity index is 414. The molecule has 5 nitrogen and oxygen atoms in total. The maximum Gasteiger partial charge on any atom is 0.177 e. The highest BCUT2D eigenvalue weighted by Gasteiger charge is 2.11. The molecule has 1 rings (SSSR count). The number of pyridine rings is 1. The second-order valence-electron chi connectivity index (χ2n) is 2.70. The van der Waals surface area contributed by atoms with E-state index in [-0.39, 0.29) is 4.90 Å². The summed E-state index contributed by atoms with van der Waals surface area (Å²) in [6.07, 6.45) is 1.15. The molecule has 1 aromatic rings. The van der Waals surface area contributed by atoms with Gasteiger partial charge in [-0.15, -0.1) is 0 Å². The number of aromatic nitrogens is 1. The average molecular weight is 201 g/mol. The zero-order chi connectivity index (χ0) is 10.1. The van der Waals surface area contributed by atoms with Crippen molar-refractivity contribution in [2.75, 3.05) is 11.7 Å². The molecule has 0 aliphatic carbocycles. The predicted octanol–water partition coefficient (Wildman–Crippen LogP) is 0.0791. The van der Waals surface area contributed by atoms with E-state index >= 15 is 0 Å². The van der Waals surface area contributed by atoms with Gasteiger partial charge >= 0.3 is 0 Å². The monoisotopic (exact) mass is 201 g/mol. The van der Waals surface area contributed by atoms with Gasteiger partial charge in [0.2, 0.25) is 0 Å². The van der Waals surface area contributed by atoms with Crippen molar-refractivity contribution in [2.24, 2.45) is 5.84 Å². The van der Waals surface area contributed by atoms with E-state index < -0.39 is 9.84 Å². The summed E-state index contributed by atoms with van der Waals surface area (Å²) in [5, 5.41) is 0. The zero-order valence-corrected chi connectivity index (χ0v) is 8.22. The molecule has 1 aromatic heterocycles. The first-order chi connectivity index (χ1) is 5.95. The standard InChI is InChI=1S/C7H11N3O2S/c1-5-6(13(2,11)12)3-4-7(9-5)10-8/h3-4H,8H2,1-2H3,(H,9,10). The first-order valence-electron chi connectivity index (χ1n) is 3.59. The highest BCUT2D eigenvalue weighted by Crippen LogP contribution is 2.14. The molecule has 0 unspecified atom stereocenters. The molecule has 0 spiro atoms. The van der Waals surface area contributed by atoms with Crippen LogP contribution in [-0.4, -0.2) is 19.7 Å². The molecule has 0 saturated carbocycles. The summed E-state index contributed by atoms with van der Waals surface area (Å²) in [4.78, 5) is 4.17. The summed E-state index contributed by atoms with van der Waals surface area (Å²) in [5.41, 5.74) is 2.78. The van der Waals surface area contributed by atoms with Crippen LogP contribution in [0, 0.1) is 6.92 Å². The molecule has 72 valence electrons. The van der Waals surface area contributed by atoms with E-state index in [0.717, 1.165) is 6.26 Å². The van der Waals surface area contributed by atoms with Gasteiger partial charge < -0.3 is 5.43 Å². The summed E-state index contributed by atoms with van der Waals surface area (Å²) < 4.78 is 22.3. The minimum Gasteiger partial charge on any atom is -0.308 e. The molecule has 0 amide bonds. The number of aryl methyl sites for hydroxylation is 1. The average Bonchev–Trinajstić information content (AvgIpc) is 2.01. The van der Waals surface area contributed by atoms with Gasteiger partial charge in [-0.25, -0.2) is 19.2 Å². The number of hydrazine groups is 1. The van der Waals surface area contributed by atoms with Crippen LogP contribution in [0.3, 0.4) is 0 Å². The maximum atomic E-state index is 11.2. The van der Waals surface area contributed by atoms with Crippen molar-refractivity contribution in [2.45, 2.75) is 11.8 Å². The Morgan fingerprint density at radius 1 is 1.46 bits per heavy atom. The van der Waals surface area contributed by atoms with Gasteiger partial charge in [-0.2, -0.15) is 0 Å². The van der Waals surface area contributed by atoms with E-state index in [4.69, 9.17) is 5.84 Å². The van der Waals surface area contributed by atoms with Gasteiger partial charge in [0.15, 0.2) is 9.84 Å². The van der Waals surface area contributed by atoms with Gasteiger partial charge in [0.05, 0.1) is 10.6 Å². The first kappa shape index (κ1) is 9.94. The Morgan fingerprint density at radius 3 is 2.46 bits per heavy atom. The summed E-state index contributed by atoms with van der Waals surface area (Å²) in [5.74, 6) is 5.56. The van der Waals surface area contributed by atoms with Crippen molar-refractivity contribution in [3.8, 4) is 0 Å². The van der Waals surface area contributed by atoms with Crippen molar-refractivity contribution in [3.05, 3.63) is 17.8 Å². The lowest BCUT2D eigenvalue weighted by molar-refractivity contribution is 0.600. The fourth-order valence-electron chi connectivity index (χ4n) is 1.02. The Kier molecular flexibility index (Phi) is 2.53. The van der Waals surface area contributed by atoms with Crippen molar-refractivity contribution < 1.29 is 8.42 Å². The minimum absolute atomic E-state index is 0.228. The lowest BCUT2D eigenvalue weighted by Gasteiger charge is -2.04. The third-order valence-corrected chi connectivity index (χ3v) is 2.82. The molecule has 13 heavy (non-hydrogen) atoms. The van der Waals surface area contributed by atoms with Gasteiger partial charge in [0, 0.05) is 6.26 Å². The van der Waals surface area contributed by atoms with Crippen LogP contribution in [0.15, 0.2) is 17.0 Å². The molecule has 0 saturated heterocycles. The number of anilines is 1. The number of nitrogen functional groups attached to an aromatic ring is 1. The third kappa shape index (κ3) is 2.16. The molecule has 0 aliphatic rings. The topological polar surface area (TPSA) is 85.1 Å². The molecule has 0 aromatic carbocycles. The van der Waals surface area contributed by atoms with Gasteiger partial charge in [0.25, 0.3) is 0 Å². The first-order valence-corrected chi connectivity index (χ1v) is 5.48. The summed E-state index contributed by atoms with van der Waals surface area (Å²) in [7, 11) is -3.19. The quantitative estimate of drug-likeness (QED) is 0.523. The molecular formula is C7H11N3O2S. The van der Waals surface area contributed by atoms with Crippen molar-refractivity contribution >= 4 is 15.7 Å². The minimum atomic E-state index is -3.19. The van der Waals surface area contributed by atoms with Gasteiger partial charge in [0.1, 0.15) is 5.82 Å². The van der Waals surface area contributed by atoms with Crippen LogP contribution in [0.4, 0.5) is 5.82 Å². The lowest BCUT2D eigenvalue weighted by Crippen LogP contribution is -2.10. The fraction of sp³-hybridized carbons (Fsp3) is 0.286. The van der Waals surface area contributed by atoms with E-state index in [9.17, 15) is 8.42 Å². The largest absolute Gasteiger partial charge is 0.308 e. The fourth-order valence-corrected chi connectivity index (χ4v) is 1.92. The summed E-state index contributed by atoms with van der Waals surface area (Å²) in [6, 6.07) is 3.00. The number of hydrogen-bond acceptors (Lipinski definition) is 5. The van der Waals surface area contributed by atoms with E-state index in [2.05, 4.69) is 10.4 Å². The molecule has 0 aliphatic heterocycles. The van der Waals surface area contributed by atoms with E-state index in [1.54, 1.807) is 6.92 Å². The molecule has 3 N–H and O–H groups in total. The van der Waals surface area contributed by atoms with Gasteiger partial charge in [-0.3, -0.25) is 0 Å². The lowest BCUT2D eigenvalue weighted by atomic mass is 10.4.